The molecule has 1 amide bonds. The predicted octanol–water partition coefficient (Wildman–Crippen LogP) is 2.45. The van der Waals surface area contributed by atoms with Crippen molar-refractivity contribution >= 4 is 11.9 Å². The van der Waals surface area contributed by atoms with Gasteiger partial charge in [-0.05, 0) is 18.1 Å². The van der Waals surface area contributed by atoms with E-state index in [1.165, 1.54) is 0 Å². The zero-order valence-electron chi connectivity index (χ0n) is 11.7. The van der Waals surface area contributed by atoms with Gasteiger partial charge in [0.15, 0.2) is 0 Å². The summed E-state index contributed by atoms with van der Waals surface area (Å²) < 4.78 is 5.61. The average molecular weight is 280 g/mol. The topological polar surface area (TPSA) is 64.7 Å². The number of ether oxygens (including phenoxy) is 1. The van der Waals surface area contributed by atoms with Crippen LogP contribution in [0.3, 0.4) is 0 Å². The van der Waals surface area contributed by atoms with Gasteiger partial charge in [0, 0.05) is 0 Å². The zero-order chi connectivity index (χ0) is 14.9. The molecule has 21 heavy (non-hydrogen) atoms. The van der Waals surface area contributed by atoms with Crippen LogP contribution in [0.25, 0.3) is 0 Å². The van der Waals surface area contributed by atoms with Crippen molar-refractivity contribution in [1.29, 1.82) is 0 Å². The molecule has 4 heteroatoms. The van der Waals surface area contributed by atoms with Crippen molar-refractivity contribution in [1.82, 2.24) is 0 Å². The fourth-order valence-corrected chi connectivity index (χ4v) is 2.80. The van der Waals surface area contributed by atoms with Crippen LogP contribution in [0.15, 0.2) is 65.7 Å². The fourth-order valence-electron chi connectivity index (χ4n) is 2.80. The van der Waals surface area contributed by atoms with Gasteiger partial charge in [0.05, 0.1) is 5.92 Å². The van der Waals surface area contributed by atoms with Crippen molar-refractivity contribution in [2.45, 2.75) is 18.4 Å². The Labute approximate surface area is 123 Å². The molecule has 1 aliphatic rings. The average Bonchev–Trinajstić information content (AvgIpc) is 2.75. The molecule has 1 unspecified atom stereocenters. The van der Waals surface area contributed by atoms with E-state index in [4.69, 9.17) is 10.5 Å². The van der Waals surface area contributed by atoms with Gasteiger partial charge in [-0.1, -0.05) is 60.7 Å². The largest absolute Gasteiger partial charge is 0.448 e. The molecule has 0 aromatic heterocycles. The fraction of sp³-hybridized carbons (Fsp3) is 0.176. The maximum absolute atomic E-state index is 12.3. The Balaban J connectivity index is 2.12. The van der Waals surface area contributed by atoms with Gasteiger partial charge in [-0.15, -0.1) is 0 Å². The maximum atomic E-state index is 12.3. The number of aliphatic imine (C=N–C) groups is 1. The first-order valence-electron chi connectivity index (χ1n) is 6.79. The Hall–Kier alpha value is -2.62. The van der Waals surface area contributed by atoms with Gasteiger partial charge in [0.2, 0.25) is 5.60 Å². The van der Waals surface area contributed by atoms with Gasteiger partial charge in [0.25, 0.3) is 11.9 Å². The molecule has 2 aromatic carbocycles. The molecular weight excluding hydrogens is 264 g/mol. The van der Waals surface area contributed by atoms with Crippen molar-refractivity contribution in [2.75, 3.05) is 0 Å². The molecule has 0 bridgehead atoms. The Kier molecular flexibility index (Phi) is 3.22. The first kappa shape index (κ1) is 13.4. The molecule has 0 radical (unpaired) electrons. The third kappa shape index (κ3) is 2.29. The predicted molar refractivity (Wildman–Crippen MR) is 80.8 cm³/mol. The quantitative estimate of drug-likeness (QED) is 0.939. The van der Waals surface area contributed by atoms with Gasteiger partial charge in [-0.3, -0.25) is 4.79 Å². The highest BCUT2D eigenvalue weighted by Crippen LogP contribution is 2.40. The van der Waals surface area contributed by atoms with Crippen LogP contribution in [0.1, 0.15) is 24.0 Å². The lowest BCUT2D eigenvalue weighted by Crippen LogP contribution is -2.41. The standard InChI is InChI=1S/C17H16N2O2/c1-17(15(20)19-16(18)21-17)14(12-8-4-2-5-9-12)13-10-6-3-7-11-13/h2-11,14H,1H3,(H2,18,19,20). The number of rotatable bonds is 3. The Morgan fingerprint density at radius 3 is 1.86 bits per heavy atom. The molecule has 3 rings (SSSR count). The molecule has 4 nitrogen and oxygen atoms in total. The van der Waals surface area contributed by atoms with Crippen LogP contribution in [0, 0.1) is 0 Å². The summed E-state index contributed by atoms with van der Waals surface area (Å²) in [7, 11) is 0. The molecule has 0 fully saturated rings. The smallest absolute Gasteiger partial charge is 0.295 e. The van der Waals surface area contributed by atoms with Gasteiger partial charge in [0.1, 0.15) is 0 Å². The molecule has 0 saturated heterocycles. The van der Waals surface area contributed by atoms with Crippen molar-refractivity contribution in [3.8, 4) is 0 Å². The SMILES string of the molecule is CC1(C(c2ccccc2)c2ccccc2)OC(N)=NC1=O. The lowest BCUT2D eigenvalue weighted by Gasteiger charge is -2.31. The molecule has 0 saturated carbocycles. The summed E-state index contributed by atoms with van der Waals surface area (Å²) in [5.74, 6) is -0.616. The van der Waals surface area contributed by atoms with Crippen LogP contribution in [-0.2, 0) is 9.53 Å². The zero-order valence-corrected chi connectivity index (χ0v) is 11.7. The second kappa shape index (κ2) is 5.05. The number of benzene rings is 2. The monoisotopic (exact) mass is 280 g/mol. The highest BCUT2D eigenvalue weighted by molar-refractivity contribution is 6.01. The molecule has 0 aliphatic carbocycles. The van der Waals surface area contributed by atoms with E-state index in [0.29, 0.717) is 0 Å². The van der Waals surface area contributed by atoms with Gasteiger partial charge in [-0.2, -0.15) is 4.99 Å². The van der Waals surface area contributed by atoms with Crippen LogP contribution < -0.4 is 5.73 Å². The van der Waals surface area contributed by atoms with Crippen molar-refractivity contribution in [3.63, 3.8) is 0 Å². The lowest BCUT2D eigenvalue weighted by molar-refractivity contribution is -0.130. The minimum absolute atomic E-state index is 0.0700. The number of carbonyl (C=O) groups is 1. The van der Waals surface area contributed by atoms with E-state index in [2.05, 4.69) is 4.99 Å². The first-order chi connectivity index (χ1) is 10.1. The minimum atomic E-state index is -1.12. The number of nitrogens with zero attached hydrogens (tertiary/aromatic N) is 1. The summed E-state index contributed by atoms with van der Waals surface area (Å²) in [5.41, 5.74) is 6.46. The lowest BCUT2D eigenvalue weighted by atomic mass is 9.78. The Morgan fingerprint density at radius 2 is 1.48 bits per heavy atom. The second-order valence-electron chi connectivity index (χ2n) is 5.22. The van der Waals surface area contributed by atoms with Gasteiger partial charge >= 0.3 is 0 Å². The summed E-state index contributed by atoms with van der Waals surface area (Å²) in [4.78, 5) is 16.0. The van der Waals surface area contributed by atoms with Crippen molar-refractivity contribution in [2.24, 2.45) is 10.7 Å². The summed E-state index contributed by atoms with van der Waals surface area (Å²) in [5, 5.41) is 0. The molecule has 0 spiro atoms. The Morgan fingerprint density at radius 1 is 1.00 bits per heavy atom. The van der Waals surface area contributed by atoms with E-state index in [1.807, 2.05) is 60.7 Å². The van der Waals surface area contributed by atoms with Gasteiger partial charge < -0.3 is 10.5 Å². The highest BCUT2D eigenvalue weighted by Gasteiger charge is 2.49. The van der Waals surface area contributed by atoms with Crippen LogP contribution >= 0.6 is 0 Å². The van der Waals surface area contributed by atoms with Crippen LogP contribution in [0.5, 0.6) is 0 Å². The number of hydrogen-bond donors (Lipinski definition) is 1. The number of hydrogen-bond acceptors (Lipinski definition) is 3. The molecule has 2 aromatic rings. The normalized spacial score (nSPS) is 21.2. The van der Waals surface area contributed by atoms with E-state index in [1.54, 1.807) is 6.92 Å². The summed E-state index contributed by atoms with van der Waals surface area (Å²) in [6, 6.07) is 19.5. The molecule has 1 atom stereocenters. The summed E-state index contributed by atoms with van der Waals surface area (Å²) in [6.07, 6.45) is 0. The number of nitrogens with two attached hydrogens (primary N) is 1. The van der Waals surface area contributed by atoms with Crippen molar-refractivity contribution in [3.05, 3.63) is 71.8 Å². The number of amidine groups is 1. The maximum Gasteiger partial charge on any atom is 0.295 e. The molecule has 1 heterocycles. The molecular formula is C17H16N2O2. The third-order valence-electron chi connectivity index (χ3n) is 3.77. The van der Waals surface area contributed by atoms with E-state index >= 15 is 0 Å². The summed E-state index contributed by atoms with van der Waals surface area (Å²) >= 11 is 0. The van der Waals surface area contributed by atoms with Gasteiger partial charge in [-0.25, -0.2) is 0 Å². The molecule has 2 N–H and O–H groups in total. The van der Waals surface area contributed by atoms with E-state index in [0.717, 1.165) is 11.1 Å². The Bertz CT molecular complexity index is 643. The van der Waals surface area contributed by atoms with Crippen LogP contribution in [0.4, 0.5) is 0 Å². The minimum Gasteiger partial charge on any atom is -0.448 e. The van der Waals surface area contributed by atoms with E-state index in [9.17, 15) is 4.79 Å². The van der Waals surface area contributed by atoms with Crippen LogP contribution in [0.2, 0.25) is 0 Å². The highest BCUT2D eigenvalue weighted by atomic mass is 16.5. The van der Waals surface area contributed by atoms with E-state index in [-0.39, 0.29) is 17.8 Å². The molecule has 106 valence electrons. The molecule has 1 aliphatic heterocycles. The van der Waals surface area contributed by atoms with Crippen LogP contribution in [-0.4, -0.2) is 17.5 Å². The van der Waals surface area contributed by atoms with E-state index < -0.39 is 5.60 Å². The number of amides is 1. The first-order valence-corrected chi connectivity index (χ1v) is 6.79. The summed E-state index contributed by atoms with van der Waals surface area (Å²) in [6.45, 7) is 1.74. The third-order valence-corrected chi connectivity index (χ3v) is 3.77. The van der Waals surface area contributed by atoms with Crippen molar-refractivity contribution < 1.29 is 9.53 Å². The number of carbonyl (C=O) groups excluding carboxylic acids is 1. The second-order valence-corrected chi connectivity index (χ2v) is 5.22.